The largest absolute Gasteiger partial charge is 0.481 e. The molecule has 4 atom stereocenters. The van der Waals surface area contributed by atoms with Gasteiger partial charge in [-0.2, -0.15) is 0 Å². The van der Waals surface area contributed by atoms with Crippen molar-refractivity contribution in [1.29, 1.82) is 0 Å². The molecule has 1 aromatic heterocycles. The van der Waals surface area contributed by atoms with E-state index in [1.165, 1.54) is 0 Å². The SMILES string of the molecule is NC(Cc1ccccc1)C(=O)NC(CC(=O)O)C(=O)NC(CCC(=O)O)C(=O)NC(Cc1c[nH]c2ccccc12)C(=O)O. The van der Waals surface area contributed by atoms with Crippen molar-refractivity contribution in [2.75, 3.05) is 0 Å². The van der Waals surface area contributed by atoms with Crippen LogP contribution in [0.25, 0.3) is 10.9 Å². The summed E-state index contributed by atoms with van der Waals surface area (Å²) in [6.45, 7) is 0. The molecule has 0 saturated heterocycles. The number of carbonyl (C=O) groups is 6. The minimum atomic E-state index is -1.66. The molecule has 9 N–H and O–H groups in total. The van der Waals surface area contributed by atoms with E-state index < -0.39 is 79.1 Å². The molecular formula is C29H33N5O9. The van der Waals surface area contributed by atoms with E-state index >= 15 is 0 Å². The van der Waals surface area contributed by atoms with Crippen molar-refractivity contribution in [3.05, 3.63) is 71.9 Å². The smallest absolute Gasteiger partial charge is 0.326 e. The van der Waals surface area contributed by atoms with Crippen LogP contribution in [0.4, 0.5) is 0 Å². The van der Waals surface area contributed by atoms with Crippen LogP contribution in [0.2, 0.25) is 0 Å². The first-order chi connectivity index (χ1) is 20.4. The van der Waals surface area contributed by atoms with Crippen molar-refractivity contribution >= 4 is 46.5 Å². The Bertz CT molecular complexity index is 1470. The zero-order chi connectivity index (χ0) is 31.5. The molecule has 228 valence electrons. The zero-order valence-corrected chi connectivity index (χ0v) is 23.0. The lowest BCUT2D eigenvalue weighted by Gasteiger charge is -2.24. The second-order valence-corrected chi connectivity index (χ2v) is 9.91. The molecule has 3 rings (SSSR count). The number of H-pyrrole nitrogens is 1. The number of nitrogens with two attached hydrogens (primary N) is 1. The van der Waals surface area contributed by atoms with Crippen molar-refractivity contribution in [2.45, 2.75) is 56.3 Å². The van der Waals surface area contributed by atoms with Gasteiger partial charge in [0.2, 0.25) is 17.7 Å². The number of para-hydroxylation sites is 1. The molecule has 4 unspecified atom stereocenters. The third-order valence-corrected chi connectivity index (χ3v) is 6.64. The molecule has 3 amide bonds. The van der Waals surface area contributed by atoms with Gasteiger partial charge in [0, 0.05) is 29.9 Å². The maximum absolute atomic E-state index is 13.2. The second-order valence-electron chi connectivity index (χ2n) is 9.91. The van der Waals surface area contributed by atoms with Crippen LogP contribution in [-0.4, -0.2) is 80.1 Å². The average molecular weight is 596 g/mol. The quantitative estimate of drug-likeness (QED) is 0.111. The molecule has 14 heteroatoms. The van der Waals surface area contributed by atoms with Gasteiger partial charge >= 0.3 is 17.9 Å². The van der Waals surface area contributed by atoms with Crippen molar-refractivity contribution < 1.29 is 44.1 Å². The first-order valence-corrected chi connectivity index (χ1v) is 13.4. The van der Waals surface area contributed by atoms with E-state index in [1.807, 2.05) is 0 Å². The van der Waals surface area contributed by atoms with Crippen LogP contribution in [0, 0.1) is 0 Å². The maximum atomic E-state index is 13.2. The lowest BCUT2D eigenvalue weighted by Crippen LogP contribution is -2.57. The Balaban J connectivity index is 1.73. The van der Waals surface area contributed by atoms with Gasteiger partial charge in [0.05, 0.1) is 12.5 Å². The first kappa shape index (κ1) is 32.3. The van der Waals surface area contributed by atoms with Crippen molar-refractivity contribution in [2.24, 2.45) is 5.73 Å². The Hall–Kier alpha value is -5.24. The summed E-state index contributed by atoms with van der Waals surface area (Å²) in [6, 6.07) is 10.1. The van der Waals surface area contributed by atoms with E-state index in [2.05, 4.69) is 20.9 Å². The molecule has 0 bridgehead atoms. The lowest BCUT2D eigenvalue weighted by molar-refractivity contribution is -0.143. The van der Waals surface area contributed by atoms with Gasteiger partial charge in [-0.3, -0.25) is 24.0 Å². The molecule has 3 aromatic rings. The first-order valence-electron chi connectivity index (χ1n) is 13.4. The number of carboxylic acids is 3. The molecule has 14 nitrogen and oxygen atoms in total. The molecular weight excluding hydrogens is 562 g/mol. The topological polar surface area (TPSA) is 241 Å². The molecule has 0 saturated carbocycles. The van der Waals surface area contributed by atoms with Gasteiger partial charge in [0.15, 0.2) is 0 Å². The Kier molecular flexibility index (Phi) is 11.3. The third-order valence-electron chi connectivity index (χ3n) is 6.64. The lowest BCUT2D eigenvalue weighted by atomic mass is 10.0. The van der Waals surface area contributed by atoms with Crippen molar-refractivity contribution in [3.63, 3.8) is 0 Å². The summed E-state index contributed by atoms with van der Waals surface area (Å²) in [6.07, 6.45) is -0.282. The Morgan fingerprint density at radius 3 is 1.98 bits per heavy atom. The summed E-state index contributed by atoms with van der Waals surface area (Å²) in [5, 5.41) is 35.9. The summed E-state index contributed by atoms with van der Waals surface area (Å²) < 4.78 is 0. The number of benzene rings is 2. The molecule has 0 radical (unpaired) electrons. The number of nitrogens with one attached hydrogen (secondary N) is 4. The second kappa shape index (κ2) is 15.1. The highest BCUT2D eigenvalue weighted by molar-refractivity contribution is 5.96. The van der Waals surface area contributed by atoms with Crippen LogP contribution in [0.3, 0.4) is 0 Å². The molecule has 0 aliphatic heterocycles. The highest BCUT2D eigenvalue weighted by atomic mass is 16.4. The molecule has 0 aliphatic rings. The van der Waals surface area contributed by atoms with Crippen LogP contribution in [-0.2, 0) is 41.6 Å². The summed E-state index contributed by atoms with van der Waals surface area (Å²) in [5.74, 6) is -7.00. The molecule has 1 heterocycles. The van der Waals surface area contributed by atoms with Gasteiger partial charge in [-0.25, -0.2) is 4.79 Å². The number of aromatic nitrogens is 1. The average Bonchev–Trinajstić information content (AvgIpc) is 3.37. The van der Waals surface area contributed by atoms with E-state index in [0.29, 0.717) is 5.56 Å². The standard InChI is InChI=1S/C29H33N5O9/c30-19(12-16-6-2-1-3-7-16)26(39)33-22(14-25(37)38)28(41)32-21(10-11-24(35)36)27(40)34-23(29(42)43)13-17-15-31-20-9-5-4-8-18(17)20/h1-9,15,19,21-23,31H,10-14,30H2,(H,32,41)(H,33,39)(H,34,40)(H,35,36)(H,37,38)(H,42,43). The normalized spacial score (nSPS) is 13.7. The van der Waals surface area contributed by atoms with E-state index in [4.69, 9.17) is 10.8 Å². The van der Waals surface area contributed by atoms with Crippen molar-refractivity contribution in [3.8, 4) is 0 Å². The van der Waals surface area contributed by atoms with Crippen LogP contribution >= 0.6 is 0 Å². The highest BCUT2D eigenvalue weighted by Gasteiger charge is 2.32. The fraction of sp³-hybridized carbons (Fsp3) is 0.310. The number of amides is 3. The minimum absolute atomic E-state index is 0.102. The maximum Gasteiger partial charge on any atom is 0.326 e. The fourth-order valence-corrected chi connectivity index (χ4v) is 4.43. The third kappa shape index (κ3) is 9.67. The van der Waals surface area contributed by atoms with E-state index in [-0.39, 0.29) is 12.8 Å². The Labute approximate surface area is 245 Å². The van der Waals surface area contributed by atoms with Crippen LogP contribution in [0.1, 0.15) is 30.4 Å². The van der Waals surface area contributed by atoms with E-state index in [1.54, 1.807) is 60.8 Å². The van der Waals surface area contributed by atoms with Gasteiger partial charge in [0.25, 0.3) is 0 Å². The fourth-order valence-electron chi connectivity index (χ4n) is 4.43. The number of rotatable bonds is 16. The van der Waals surface area contributed by atoms with Crippen molar-refractivity contribution in [1.82, 2.24) is 20.9 Å². The summed E-state index contributed by atoms with van der Waals surface area (Å²) >= 11 is 0. The minimum Gasteiger partial charge on any atom is -0.481 e. The number of carboxylic acid groups (broad SMARTS) is 3. The predicted molar refractivity (Wildman–Crippen MR) is 153 cm³/mol. The molecule has 0 spiro atoms. The summed E-state index contributed by atoms with van der Waals surface area (Å²) in [5.41, 5.74) is 8.05. The van der Waals surface area contributed by atoms with Crippen LogP contribution in [0.15, 0.2) is 60.8 Å². The van der Waals surface area contributed by atoms with E-state index in [9.17, 15) is 39.0 Å². The monoisotopic (exact) mass is 595 g/mol. The van der Waals surface area contributed by atoms with Gasteiger partial charge in [-0.15, -0.1) is 0 Å². The molecule has 0 fully saturated rings. The highest BCUT2D eigenvalue weighted by Crippen LogP contribution is 2.19. The van der Waals surface area contributed by atoms with Gasteiger partial charge in [0.1, 0.15) is 18.1 Å². The van der Waals surface area contributed by atoms with Gasteiger partial charge in [-0.1, -0.05) is 48.5 Å². The molecule has 0 aliphatic carbocycles. The van der Waals surface area contributed by atoms with E-state index in [0.717, 1.165) is 16.5 Å². The van der Waals surface area contributed by atoms with Gasteiger partial charge in [-0.05, 0) is 30.0 Å². The summed E-state index contributed by atoms with van der Waals surface area (Å²) in [4.78, 5) is 76.7. The Morgan fingerprint density at radius 2 is 1.33 bits per heavy atom. The Morgan fingerprint density at radius 1 is 0.721 bits per heavy atom. The van der Waals surface area contributed by atoms with Gasteiger partial charge < -0.3 is 42.0 Å². The molecule has 2 aromatic carbocycles. The predicted octanol–water partition coefficient (Wildman–Crippen LogP) is 0.159. The number of fused-ring (bicyclic) bond motifs is 1. The number of aromatic amines is 1. The number of hydrogen-bond donors (Lipinski definition) is 8. The van der Waals surface area contributed by atoms with Crippen LogP contribution in [0.5, 0.6) is 0 Å². The van der Waals surface area contributed by atoms with Crippen LogP contribution < -0.4 is 21.7 Å². The molecule has 43 heavy (non-hydrogen) atoms. The number of carbonyl (C=O) groups excluding carboxylic acids is 3. The summed E-state index contributed by atoms with van der Waals surface area (Å²) in [7, 11) is 0. The number of hydrogen-bond acceptors (Lipinski definition) is 7. The zero-order valence-electron chi connectivity index (χ0n) is 23.0. The number of aliphatic carboxylic acids is 3.